The summed E-state index contributed by atoms with van der Waals surface area (Å²) in [6.45, 7) is 1.68. The van der Waals surface area contributed by atoms with E-state index in [4.69, 9.17) is 0 Å². The van der Waals surface area contributed by atoms with Crippen molar-refractivity contribution in [3.05, 3.63) is 16.6 Å². The number of aryl methyl sites for hydroxylation is 1. The first-order valence-corrected chi connectivity index (χ1v) is 7.92. The number of nitrogens with zero attached hydrogens (tertiary/aromatic N) is 1. The van der Waals surface area contributed by atoms with Crippen molar-refractivity contribution >= 4 is 27.5 Å². The Bertz CT molecular complexity index is 517. The highest BCUT2D eigenvalue weighted by molar-refractivity contribution is 7.90. The average molecular weight is 274 g/mol. The van der Waals surface area contributed by atoms with Crippen LogP contribution in [0.25, 0.3) is 0 Å². The smallest absolute Gasteiger partial charge is 0.267 e. The molecule has 0 aromatic carbocycles. The first-order chi connectivity index (χ1) is 7.98. The maximum absolute atomic E-state index is 11.7. The molecule has 1 heterocycles. The Hall–Kier alpha value is -0.950. The fraction of sp³-hybridized carbons (Fsp3) is 0.600. The minimum absolute atomic E-state index is 0.0509. The Balaban J connectivity index is 2.00. The Morgan fingerprint density at radius 1 is 1.59 bits per heavy atom. The van der Waals surface area contributed by atoms with Gasteiger partial charge in [-0.25, -0.2) is 13.1 Å². The van der Waals surface area contributed by atoms with E-state index in [1.807, 2.05) is 0 Å². The molecule has 1 fully saturated rings. The zero-order valence-corrected chi connectivity index (χ0v) is 11.1. The van der Waals surface area contributed by atoms with Gasteiger partial charge in [-0.2, -0.15) is 4.37 Å². The van der Waals surface area contributed by atoms with E-state index in [0.717, 1.165) is 30.8 Å². The molecule has 2 rings (SSSR count). The topological polar surface area (TPSA) is 76.1 Å². The van der Waals surface area contributed by atoms with Crippen LogP contribution in [0.5, 0.6) is 0 Å². The van der Waals surface area contributed by atoms with Crippen LogP contribution in [0.15, 0.2) is 5.38 Å². The van der Waals surface area contributed by atoms with Gasteiger partial charge in [0.25, 0.3) is 5.91 Å². The summed E-state index contributed by atoms with van der Waals surface area (Å²) in [5.41, 5.74) is 0.901. The second-order valence-electron chi connectivity index (χ2n) is 4.32. The largest absolute Gasteiger partial charge is 0.268 e. The summed E-state index contributed by atoms with van der Waals surface area (Å²) in [7, 11) is -3.51. The standard InChI is InChI=1S/C10H14N2O3S2/c1-7-9(5-16-11-7)10(13)12-17(14,15)6-8-3-2-4-8/h5,8H,2-4,6H2,1H3,(H,12,13). The lowest BCUT2D eigenvalue weighted by molar-refractivity contribution is 0.0981. The summed E-state index contributed by atoms with van der Waals surface area (Å²) >= 11 is 1.14. The van der Waals surface area contributed by atoms with Gasteiger partial charge in [0.15, 0.2) is 0 Å². The van der Waals surface area contributed by atoms with E-state index in [-0.39, 0.29) is 11.7 Å². The van der Waals surface area contributed by atoms with Gasteiger partial charge in [0.1, 0.15) is 0 Å². The summed E-state index contributed by atoms with van der Waals surface area (Å²) in [5, 5.41) is 1.56. The van der Waals surface area contributed by atoms with Crippen molar-refractivity contribution < 1.29 is 13.2 Å². The Morgan fingerprint density at radius 3 is 2.76 bits per heavy atom. The quantitative estimate of drug-likeness (QED) is 0.898. The monoisotopic (exact) mass is 274 g/mol. The molecule has 1 N–H and O–H groups in total. The fourth-order valence-electron chi connectivity index (χ4n) is 1.72. The van der Waals surface area contributed by atoms with Gasteiger partial charge in [0.05, 0.1) is 17.0 Å². The summed E-state index contributed by atoms with van der Waals surface area (Å²) in [6, 6.07) is 0. The molecule has 1 amide bonds. The van der Waals surface area contributed by atoms with Crippen molar-refractivity contribution in [2.75, 3.05) is 5.75 Å². The van der Waals surface area contributed by atoms with E-state index < -0.39 is 15.9 Å². The summed E-state index contributed by atoms with van der Waals surface area (Å²) in [6.07, 6.45) is 2.96. The number of nitrogens with one attached hydrogen (secondary N) is 1. The van der Waals surface area contributed by atoms with Crippen LogP contribution in [-0.2, 0) is 10.0 Å². The van der Waals surface area contributed by atoms with E-state index in [9.17, 15) is 13.2 Å². The lowest BCUT2D eigenvalue weighted by atomic mass is 9.87. The average Bonchev–Trinajstić information content (AvgIpc) is 2.58. The van der Waals surface area contributed by atoms with E-state index in [1.165, 1.54) is 0 Å². The predicted octanol–water partition coefficient (Wildman–Crippen LogP) is 1.31. The van der Waals surface area contributed by atoms with Crippen molar-refractivity contribution in [2.45, 2.75) is 26.2 Å². The van der Waals surface area contributed by atoms with Gasteiger partial charge in [0, 0.05) is 5.38 Å². The summed E-state index contributed by atoms with van der Waals surface area (Å²) in [5.74, 6) is -0.312. The molecule has 1 aromatic heterocycles. The van der Waals surface area contributed by atoms with Crippen molar-refractivity contribution in [3.8, 4) is 0 Å². The summed E-state index contributed by atoms with van der Waals surface area (Å²) < 4.78 is 29.4. The van der Waals surface area contributed by atoms with E-state index in [2.05, 4.69) is 9.10 Å². The number of carbonyl (C=O) groups excluding carboxylic acids is 1. The molecule has 7 heteroatoms. The van der Waals surface area contributed by atoms with Crippen molar-refractivity contribution in [2.24, 2.45) is 5.92 Å². The fourth-order valence-corrected chi connectivity index (χ4v) is 3.84. The third kappa shape index (κ3) is 3.04. The minimum Gasteiger partial charge on any atom is -0.268 e. The number of sulfonamides is 1. The maximum Gasteiger partial charge on any atom is 0.267 e. The second kappa shape index (κ2) is 4.73. The van der Waals surface area contributed by atoms with Crippen LogP contribution in [-0.4, -0.2) is 24.5 Å². The molecular formula is C10H14N2O3S2. The third-order valence-corrected chi connectivity index (χ3v) is 5.05. The van der Waals surface area contributed by atoms with Gasteiger partial charge in [-0.05, 0) is 37.2 Å². The first-order valence-electron chi connectivity index (χ1n) is 5.44. The second-order valence-corrected chi connectivity index (χ2v) is 6.72. The van der Waals surface area contributed by atoms with Crippen molar-refractivity contribution in [1.82, 2.24) is 9.10 Å². The first kappa shape index (κ1) is 12.5. The van der Waals surface area contributed by atoms with Gasteiger partial charge in [-0.1, -0.05) is 6.42 Å². The number of hydrogen-bond acceptors (Lipinski definition) is 5. The molecule has 17 heavy (non-hydrogen) atoms. The van der Waals surface area contributed by atoms with Crippen molar-refractivity contribution in [1.29, 1.82) is 0 Å². The molecule has 1 aliphatic carbocycles. The van der Waals surface area contributed by atoms with E-state index >= 15 is 0 Å². The highest BCUT2D eigenvalue weighted by atomic mass is 32.2. The van der Waals surface area contributed by atoms with Crippen LogP contribution in [0, 0.1) is 12.8 Å². The van der Waals surface area contributed by atoms with Crippen LogP contribution in [0.4, 0.5) is 0 Å². The molecule has 1 aromatic rings. The molecule has 0 radical (unpaired) electrons. The van der Waals surface area contributed by atoms with Gasteiger partial charge in [-0.15, -0.1) is 0 Å². The van der Waals surface area contributed by atoms with Gasteiger partial charge < -0.3 is 0 Å². The number of carbonyl (C=O) groups is 1. The van der Waals surface area contributed by atoms with Crippen LogP contribution in [0.3, 0.4) is 0 Å². The van der Waals surface area contributed by atoms with Crippen LogP contribution < -0.4 is 4.72 Å². The SMILES string of the molecule is Cc1nscc1C(=O)NS(=O)(=O)CC1CCC1. The highest BCUT2D eigenvalue weighted by Gasteiger charge is 2.26. The molecule has 0 bridgehead atoms. The molecule has 0 atom stereocenters. The van der Waals surface area contributed by atoms with Crippen molar-refractivity contribution in [3.63, 3.8) is 0 Å². The number of rotatable bonds is 4. The molecular weight excluding hydrogens is 260 g/mol. The highest BCUT2D eigenvalue weighted by Crippen LogP contribution is 2.27. The van der Waals surface area contributed by atoms with E-state index in [1.54, 1.807) is 12.3 Å². The number of hydrogen-bond donors (Lipinski definition) is 1. The Labute approximate surface area is 104 Å². The predicted molar refractivity (Wildman–Crippen MR) is 65.4 cm³/mol. The molecule has 0 unspecified atom stereocenters. The van der Waals surface area contributed by atoms with Crippen LogP contribution in [0.1, 0.15) is 35.3 Å². The van der Waals surface area contributed by atoms with Crippen LogP contribution in [0.2, 0.25) is 0 Å². The molecule has 1 aliphatic rings. The van der Waals surface area contributed by atoms with Gasteiger partial charge >= 0.3 is 0 Å². The molecule has 0 saturated heterocycles. The molecule has 0 spiro atoms. The summed E-state index contributed by atoms with van der Waals surface area (Å²) in [4.78, 5) is 11.7. The Kier molecular flexibility index (Phi) is 3.48. The number of aromatic nitrogens is 1. The number of amides is 1. The lowest BCUT2D eigenvalue weighted by Gasteiger charge is -2.24. The molecule has 1 saturated carbocycles. The third-order valence-electron chi connectivity index (χ3n) is 2.92. The maximum atomic E-state index is 11.7. The zero-order valence-electron chi connectivity index (χ0n) is 9.47. The zero-order chi connectivity index (χ0) is 12.5. The molecule has 5 nitrogen and oxygen atoms in total. The minimum atomic E-state index is -3.51. The van der Waals surface area contributed by atoms with Gasteiger partial charge in [0.2, 0.25) is 10.0 Å². The lowest BCUT2D eigenvalue weighted by Crippen LogP contribution is -2.36. The van der Waals surface area contributed by atoms with Gasteiger partial charge in [-0.3, -0.25) is 4.79 Å². The molecule has 94 valence electrons. The normalized spacial score (nSPS) is 16.5. The molecule has 0 aliphatic heterocycles. The Morgan fingerprint density at radius 2 is 2.29 bits per heavy atom. The van der Waals surface area contributed by atoms with E-state index in [0.29, 0.717) is 11.3 Å². The van der Waals surface area contributed by atoms with Crippen LogP contribution >= 0.6 is 11.5 Å².